The second-order valence-corrected chi connectivity index (χ2v) is 8.33. The Balaban J connectivity index is 1.58. The predicted molar refractivity (Wildman–Crippen MR) is 108 cm³/mol. The number of nitrogens with one attached hydrogen (secondary N) is 1. The Morgan fingerprint density at radius 1 is 1.21 bits per heavy atom. The summed E-state index contributed by atoms with van der Waals surface area (Å²) in [5.41, 5.74) is -0.683. The van der Waals surface area contributed by atoms with Crippen LogP contribution in [-0.2, 0) is 25.7 Å². The predicted octanol–water partition coefficient (Wildman–Crippen LogP) is 1.40. The summed E-state index contributed by atoms with van der Waals surface area (Å²) in [6.45, 7) is 2.29. The molecule has 8 nitrogen and oxygen atoms in total. The van der Waals surface area contributed by atoms with Crippen molar-refractivity contribution in [2.45, 2.75) is 38.4 Å². The molecule has 2 amide bonds. The van der Waals surface area contributed by atoms with Gasteiger partial charge in [0.25, 0.3) is 5.91 Å². The van der Waals surface area contributed by atoms with Crippen LogP contribution in [0.4, 0.5) is 13.2 Å². The van der Waals surface area contributed by atoms with E-state index in [1.165, 1.54) is 0 Å². The van der Waals surface area contributed by atoms with Gasteiger partial charge in [-0.25, -0.2) is 13.2 Å². The number of carbonyl (C=O) groups excluding carboxylic acids is 3. The largest absolute Gasteiger partial charge is 0.503 e. The van der Waals surface area contributed by atoms with Gasteiger partial charge in [0, 0.05) is 43.9 Å². The van der Waals surface area contributed by atoms with Gasteiger partial charge in [0.1, 0.15) is 29.1 Å². The van der Waals surface area contributed by atoms with Crippen molar-refractivity contribution in [1.82, 2.24) is 15.1 Å². The smallest absolute Gasteiger partial charge is 0.274 e. The number of amides is 2. The molecule has 2 N–H and O–H groups in total. The van der Waals surface area contributed by atoms with Gasteiger partial charge < -0.3 is 25.0 Å². The quantitative estimate of drug-likeness (QED) is 0.636. The summed E-state index contributed by atoms with van der Waals surface area (Å²) < 4.78 is 46.4. The average molecular weight is 467 g/mol. The van der Waals surface area contributed by atoms with Crippen molar-refractivity contribution in [2.24, 2.45) is 5.92 Å². The van der Waals surface area contributed by atoms with E-state index >= 15 is 0 Å². The lowest BCUT2D eigenvalue weighted by Crippen LogP contribution is -2.67. The molecule has 3 aliphatic heterocycles. The molecule has 1 aromatic carbocycles. The highest BCUT2D eigenvalue weighted by Crippen LogP contribution is 2.36. The van der Waals surface area contributed by atoms with E-state index in [-0.39, 0.29) is 24.3 Å². The number of fused-ring (bicyclic) bond motifs is 3. The van der Waals surface area contributed by atoms with E-state index in [9.17, 15) is 32.7 Å². The standard InChI is InChI=1S/C22H24F3N3O5/c1-2-4-27-17-10-33-5-3-16(17)28-9-13(19(29)20(30)18(28)22(27)32)21(31)26-8-12-14(24)6-11(23)7-15(12)25/h6-7,13,16-17,30H,2-5,8-10H2,1H3,(H,26,31)/t13?,16-,17+/m0/s1. The van der Waals surface area contributed by atoms with Crippen molar-refractivity contribution in [3.8, 4) is 0 Å². The van der Waals surface area contributed by atoms with E-state index < -0.39 is 58.8 Å². The van der Waals surface area contributed by atoms with Crippen LogP contribution in [0.25, 0.3) is 0 Å². The molecule has 4 rings (SSSR count). The Morgan fingerprint density at radius 3 is 2.58 bits per heavy atom. The summed E-state index contributed by atoms with van der Waals surface area (Å²) in [6, 6.07) is 0.436. The third-order valence-corrected chi connectivity index (χ3v) is 6.32. The summed E-state index contributed by atoms with van der Waals surface area (Å²) in [5, 5.41) is 12.9. The lowest BCUT2D eigenvalue weighted by Gasteiger charge is -2.52. The third-order valence-electron chi connectivity index (χ3n) is 6.32. The van der Waals surface area contributed by atoms with Gasteiger partial charge >= 0.3 is 0 Å². The first-order valence-corrected chi connectivity index (χ1v) is 10.8. The number of halogens is 3. The molecule has 0 saturated carbocycles. The monoisotopic (exact) mass is 467 g/mol. The highest BCUT2D eigenvalue weighted by atomic mass is 19.1. The van der Waals surface area contributed by atoms with Crippen molar-refractivity contribution in [1.29, 1.82) is 0 Å². The van der Waals surface area contributed by atoms with Crippen molar-refractivity contribution in [3.63, 3.8) is 0 Å². The normalized spacial score (nSPS) is 25.2. The van der Waals surface area contributed by atoms with Crippen molar-refractivity contribution >= 4 is 17.6 Å². The lowest BCUT2D eigenvalue weighted by atomic mass is 9.87. The van der Waals surface area contributed by atoms with Gasteiger partial charge in [0.05, 0.1) is 18.7 Å². The SMILES string of the molecule is CCCN1C(=O)C2=C(O)C(=O)C(C(=O)NCc3c(F)cc(F)cc3F)CN2[C@H]2CCOC[C@H]21. The minimum Gasteiger partial charge on any atom is -0.503 e. The minimum absolute atomic E-state index is 0.128. The average Bonchev–Trinajstić information content (AvgIpc) is 2.77. The number of hydrogen-bond donors (Lipinski definition) is 2. The maximum Gasteiger partial charge on any atom is 0.274 e. The van der Waals surface area contributed by atoms with Crippen LogP contribution >= 0.6 is 0 Å². The molecule has 0 aromatic heterocycles. The number of carbonyl (C=O) groups is 3. The molecule has 3 atom stereocenters. The van der Waals surface area contributed by atoms with Crippen molar-refractivity contribution in [2.75, 3.05) is 26.3 Å². The van der Waals surface area contributed by atoms with E-state index in [1.54, 1.807) is 9.80 Å². The number of rotatable bonds is 5. The molecular weight excluding hydrogens is 443 g/mol. The number of aliphatic hydroxyl groups is 1. The first-order valence-electron chi connectivity index (χ1n) is 10.8. The Bertz CT molecular complexity index is 1010. The van der Waals surface area contributed by atoms with Crippen molar-refractivity contribution in [3.05, 3.63) is 46.6 Å². The number of ketones is 1. The van der Waals surface area contributed by atoms with Crippen LogP contribution in [0.3, 0.4) is 0 Å². The number of nitrogens with zero attached hydrogens (tertiary/aromatic N) is 2. The van der Waals surface area contributed by atoms with E-state index in [0.29, 0.717) is 44.7 Å². The van der Waals surface area contributed by atoms with Gasteiger partial charge in [0.15, 0.2) is 5.76 Å². The minimum atomic E-state index is -1.38. The molecule has 3 aliphatic rings. The van der Waals surface area contributed by atoms with E-state index in [0.717, 1.165) is 0 Å². The maximum absolute atomic E-state index is 13.9. The molecule has 0 spiro atoms. The fraction of sp³-hybridized carbons (Fsp3) is 0.500. The summed E-state index contributed by atoms with van der Waals surface area (Å²) in [4.78, 5) is 41.8. The fourth-order valence-electron chi connectivity index (χ4n) is 4.72. The van der Waals surface area contributed by atoms with Gasteiger partial charge in [-0.1, -0.05) is 6.92 Å². The van der Waals surface area contributed by atoms with Crippen LogP contribution in [0.15, 0.2) is 23.6 Å². The molecule has 2 saturated heterocycles. The van der Waals surface area contributed by atoms with Crippen LogP contribution in [0.2, 0.25) is 0 Å². The highest BCUT2D eigenvalue weighted by molar-refractivity contribution is 6.13. The van der Waals surface area contributed by atoms with Crippen LogP contribution < -0.4 is 5.32 Å². The third kappa shape index (κ3) is 4.05. The van der Waals surface area contributed by atoms with Gasteiger partial charge in [0.2, 0.25) is 11.7 Å². The fourth-order valence-corrected chi connectivity index (χ4v) is 4.72. The zero-order valence-corrected chi connectivity index (χ0v) is 17.9. The highest BCUT2D eigenvalue weighted by Gasteiger charge is 2.51. The number of allylic oxidation sites excluding steroid dienone is 1. The van der Waals surface area contributed by atoms with E-state index in [1.807, 2.05) is 6.92 Å². The molecular formula is C22H24F3N3O5. The molecule has 0 aliphatic carbocycles. The number of Topliss-reactive ketones (excluding diaryl/α,β-unsaturated/α-hetero) is 1. The molecule has 1 aromatic rings. The Kier molecular flexibility index (Phi) is 6.33. The second kappa shape index (κ2) is 9.05. The van der Waals surface area contributed by atoms with Gasteiger partial charge in [-0.2, -0.15) is 0 Å². The number of ether oxygens (including phenoxy) is 1. The number of aliphatic hydroxyl groups excluding tert-OH is 1. The lowest BCUT2D eigenvalue weighted by molar-refractivity contribution is -0.151. The zero-order valence-electron chi connectivity index (χ0n) is 17.9. The molecule has 0 bridgehead atoms. The van der Waals surface area contributed by atoms with Gasteiger partial charge in [-0.15, -0.1) is 0 Å². The molecule has 1 unspecified atom stereocenters. The molecule has 11 heteroatoms. The molecule has 178 valence electrons. The zero-order chi connectivity index (χ0) is 23.9. The van der Waals surface area contributed by atoms with Crippen LogP contribution in [-0.4, -0.2) is 70.9 Å². The van der Waals surface area contributed by atoms with Crippen LogP contribution in [0, 0.1) is 23.4 Å². The molecule has 3 heterocycles. The molecule has 2 fully saturated rings. The Labute approximate surface area is 188 Å². The number of benzene rings is 1. The number of hydrogen-bond acceptors (Lipinski definition) is 6. The van der Waals surface area contributed by atoms with Crippen LogP contribution in [0.5, 0.6) is 0 Å². The maximum atomic E-state index is 13.9. The topological polar surface area (TPSA) is 99.2 Å². The summed E-state index contributed by atoms with van der Waals surface area (Å²) in [6.07, 6.45) is 1.21. The molecule has 33 heavy (non-hydrogen) atoms. The van der Waals surface area contributed by atoms with Gasteiger partial charge in [-0.05, 0) is 12.8 Å². The van der Waals surface area contributed by atoms with Crippen LogP contribution in [0.1, 0.15) is 25.3 Å². The van der Waals surface area contributed by atoms with E-state index in [2.05, 4.69) is 5.32 Å². The first kappa shape index (κ1) is 23.1. The van der Waals surface area contributed by atoms with Gasteiger partial charge in [-0.3, -0.25) is 14.4 Å². The van der Waals surface area contributed by atoms with E-state index in [4.69, 9.17) is 4.74 Å². The van der Waals surface area contributed by atoms with Crippen molar-refractivity contribution < 1.29 is 37.4 Å². The summed E-state index contributed by atoms with van der Waals surface area (Å²) in [7, 11) is 0. The number of piperazine rings is 1. The Hall–Kier alpha value is -3.08. The first-order chi connectivity index (χ1) is 15.7. The second-order valence-electron chi connectivity index (χ2n) is 8.33. The Morgan fingerprint density at radius 2 is 1.91 bits per heavy atom. The summed E-state index contributed by atoms with van der Waals surface area (Å²) >= 11 is 0. The summed E-state index contributed by atoms with van der Waals surface area (Å²) in [5.74, 6) is -7.90. The molecule has 0 radical (unpaired) electrons.